The smallest absolute Gasteiger partial charge is 0.221 e. The number of ether oxygens (including phenoxy) is 1. The Kier molecular flexibility index (Phi) is 8.65. The Bertz CT molecular complexity index is 465. The minimum absolute atomic E-state index is 0.0249. The first-order valence-electron chi connectivity index (χ1n) is 10.0. The zero-order chi connectivity index (χ0) is 18.8. The Morgan fingerprint density at radius 1 is 1.35 bits per heavy atom. The second kappa shape index (κ2) is 10.7. The number of hydrogen-bond donors (Lipinski definition) is 3. The van der Waals surface area contributed by atoms with Crippen molar-refractivity contribution in [2.24, 2.45) is 22.1 Å². The van der Waals surface area contributed by atoms with Gasteiger partial charge < -0.3 is 26.0 Å². The van der Waals surface area contributed by atoms with Gasteiger partial charge in [0.2, 0.25) is 5.91 Å². The van der Waals surface area contributed by atoms with Crippen LogP contribution in [0.25, 0.3) is 0 Å². The molecule has 0 aromatic carbocycles. The van der Waals surface area contributed by atoms with Crippen LogP contribution in [-0.4, -0.2) is 70.3 Å². The average Bonchev–Trinajstić information content (AvgIpc) is 2.62. The maximum absolute atomic E-state index is 11.4. The third-order valence-electron chi connectivity index (χ3n) is 5.96. The van der Waals surface area contributed by atoms with Crippen LogP contribution >= 0.6 is 0 Å². The van der Waals surface area contributed by atoms with Crippen molar-refractivity contribution >= 4 is 11.9 Å². The minimum Gasteiger partial charge on any atom is -0.385 e. The highest BCUT2D eigenvalue weighted by Gasteiger charge is 2.36. The van der Waals surface area contributed by atoms with Crippen molar-refractivity contribution in [3.05, 3.63) is 0 Å². The summed E-state index contributed by atoms with van der Waals surface area (Å²) in [4.78, 5) is 18.0. The summed E-state index contributed by atoms with van der Waals surface area (Å²) in [6, 6.07) is 0. The minimum atomic E-state index is -0.157. The van der Waals surface area contributed by atoms with E-state index in [0.29, 0.717) is 5.41 Å². The Balaban J connectivity index is 1.62. The highest BCUT2D eigenvalue weighted by molar-refractivity contribution is 5.79. The van der Waals surface area contributed by atoms with Crippen LogP contribution in [0, 0.1) is 11.3 Å². The number of methoxy groups -OCH3 is 1. The monoisotopic (exact) mass is 367 g/mol. The van der Waals surface area contributed by atoms with Crippen molar-refractivity contribution in [1.29, 1.82) is 0 Å². The topological polar surface area (TPSA) is 92.0 Å². The van der Waals surface area contributed by atoms with Gasteiger partial charge in [0.1, 0.15) is 0 Å². The second-order valence-corrected chi connectivity index (χ2v) is 7.84. The maximum Gasteiger partial charge on any atom is 0.221 e. The second-order valence-electron chi connectivity index (χ2n) is 7.84. The molecule has 2 rings (SSSR count). The molecule has 0 radical (unpaired) electrons. The number of likely N-dealkylation sites (tertiary alicyclic amines) is 1. The van der Waals surface area contributed by atoms with Gasteiger partial charge in [-0.25, -0.2) is 0 Å². The van der Waals surface area contributed by atoms with Crippen LogP contribution in [0.3, 0.4) is 0 Å². The molecule has 1 aliphatic heterocycles. The molecule has 0 aromatic heterocycles. The summed E-state index contributed by atoms with van der Waals surface area (Å²) in [6.45, 7) is 5.54. The molecule has 7 heteroatoms. The Labute approximate surface area is 158 Å². The summed E-state index contributed by atoms with van der Waals surface area (Å²) >= 11 is 0. The van der Waals surface area contributed by atoms with Gasteiger partial charge in [0, 0.05) is 40.4 Å². The third-order valence-corrected chi connectivity index (χ3v) is 5.96. The van der Waals surface area contributed by atoms with Crippen LogP contribution in [0.2, 0.25) is 0 Å². The van der Waals surface area contributed by atoms with E-state index in [2.05, 4.69) is 20.5 Å². The lowest BCUT2D eigenvalue weighted by molar-refractivity contribution is -0.123. The van der Waals surface area contributed by atoms with Crippen molar-refractivity contribution in [1.82, 2.24) is 15.5 Å². The Morgan fingerprint density at radius 3 is 2.77 bits per heavy atom. The Hall–Kier alpha value is -1.34. The van der Waals surface area contributed by atoms with E-state index in [1.165, 1.54) is 19.3 Å². The number of aliphatic imine (C=N–C) groups is 1. The number of rotatable bonds is 10. The van der Waals surface area contributed by atoms with Crippen LogP contribution in [0.5, 0.6) is 0 Å². The van der Waals surface area contributed by atoms with Gasteiger partial charge in [0.25, 0.3) is 0 Å². The summed E-state index contributed by atoms with van der Waals surface area (Å²) in [5, 5.41) is 6.90. The van der Waals surface area contributed by atoms with E-state index in [-0.39, 0.29) is 11.8 Å². The van der Waals surface area contributed by atoms with E-state index < -0.39 is 0 Å². The normalized spacial score (nSPS) is 23.3. The molecule has 1 unspecified atom stereocenters. The predicted octanol–water partition coefficient (Wildman–Crippen LogP) is 0.946. The van der Waals surface area contributed by atoms with Gasteiger partial charge in [-0.05, 0) is 57.0 Å². The SMILES string of the molecule is CN=C(NCCCN1CCCC(C(N)=O)C1)NCC1(CCOC)CCC1. The molecule has 2 aliphatic rings. The lowest BCUT2D eigenvalue weighted by Crippen LogP contribution is -2.47. The molecule has 26 heavy (non-hydrogen) atoms. The van der Waals surface area contributed by atoms with E-state index in [0.717, 1.165) is 71.0 Å². The quantitative estimate of drug-likeness (QED) is 0.304. The molecule has 0 bridgehead atoms. The zero-order valence-corrected chi connectivity index (χ0v) is 16.6. The largest absolute Gasteiger partial charge is 0.385 e. The maximum atomic E-state index is 11.4. The fourth-order valence-electron chi connectivity index (χ4n) is 4.00. The number of nitrogens with zero attached hydrogens (tertiary/aromatic N) is 2. The van der Waals surface area contributed by atoms with E-state index >= 15 is 0 Å². The fourth-order valence-corrected chi connectivity index (χ4v) is 4.00. The molecule has 1 atom stereocenters. The number of piperidine rings is 1. The van der Waals surface area contributed by atoms with Crippen molar-refractivity contribution in [3.63, 3.8) is 0 Å². The van der Waals surface area contributed by atoms with Gasteiger partial charge in [0.15, 0.2) is 5.96 Å². The van der Waals surface area contributed by atoms with Crippen molar-refractivity contribution in [2.75, 3.05) is 53.5 Å². The van der Waals surface area contributed by atoms with E-state index in [1.54, 1.807) is 7.11 Å². The molecule has 150 valence electrons. The van der Waals surface area contributed by atoms with Crippen LogP contribution in [0.15, 0.2) is 4.99 Å². The van der Waals surface area contributed by atoms with Gasteiger partial charge in [-0.3, -0.25) is 9.79 Å². The Morgan fingerprint density at radius 2 is 2.15 bits per heavy atom. The molecular weight excluding hydrogens is 330 g/mol. The molecule has 1 amide bonds. The number of carbonyl (C=O) groups excluding carboxylic acids is 1. The van der Waals surface area contributed by atoms with Gasteiger partial charge in [0.05, 0.1) is 5.92 Å². The van der Waals surface area contributed by atoms with Gasteiger partial charge in [-0.15, -0.1) is 0 Å². The lowest BCUT2D eigenvalue weighted by Gasteiger charge is -2.42. The van der Waals surface area contributed by atoms with Crippen molar-refractivity contribution in [3.8, 4) is 0 Å². The molecular formula is C19H37N5O2. The molecule has 1 saturated carbocycles. The third kappa shape index (κ3) is 6.43. The molecule has 1 aliphatic carbocycles. The summed E-state index contributed by atoms with van der Waals surface area (Å²) in [5.41, 5.74) is 5.83. The van der Waals surface area contributed by atoms with Gasteiger partial charge in [-0.2, -0.15) is 0 Å². The number of primary amides is 1. The molecule has 1 heterocycles. The average molecular weight is 368 g/mol. The van der Waals surface area contributed by atoms with Crippen molar-refractivity contribution in [2.45, 2.75) is 44.9 Å². The molecule has 1 saturated heterocycles. The van der Waals surface area contributed by atoms with Crippen LogP contribution < -0.4 is 16.4 Å². The number of nitrogens with two attached hydrogens (primary N) is 1. The standard InChI is InChI=1S/C19H37N5O2/c1-21-18(23-15-19(7-4-8-19)9-13-26-2)22-10-5-12-24-11-3-6-16(14-24)17(20)25/h16H,3-15H2,1-2H3,(H2,20,25)(H2,21,22,23). The van der Waals surface area contributed by atoms with Crippen LogP contribution in [-0.2, 0) is 9.53 Å². The highest BCUT2D eigenvalue weighted by atomic mass is 16.5. The lowest BCUT2D eigenvalue weighted by atomic mass is 9.67. The first kappa shape index (κ1) is 21.0. The van der Waals surface area contributed by atoms with E-state index in [1.807, 2.05) is 7.05 Å². The molecule has 7 nitrogen and oxygen atoms in total. The van der Waals surface area contributed by atoms with E-state index in [4.69, 9.17) is 10.5 Å². The summed E-state index contributed by atoms with van der Waals surface area (Å²) in [7, 11) is 3.59. The molecule has 2 fully saturated rings. The number of amides is 1. The van der Waals surface area contributed by atoms with Crippen molar-refractivity contribution < 1.29 is 9.53 Å². The molecule has 4 N–H and O–H groups in total. The fraction of sp³-hybridized carbons (Fsp3) is 0.895. The predicted molar refractivity (Wildman–Crippen MR) is 105 cm³/mol. The molecule has 0 aromatic rings. The highest BCUT2D eigenvalue weighted by Crippen LogP contribution is 2.43. The van der Waals surface area contributed by atoms with Crippen LogP contribution in [0.1, 0.15) is 44.9 Å². The van der Waals surface area contributed by atoms with Crippen LogP contribution in [0.4, 0.5) is 0 Å². The first-order chi connectivity index (χ1) is 12.6. The summed E-state index contributed by atoms with van der Waals surface area (Å²) in [5.74, 6) is 0.745. The number of hydrogen-bond acceptors (Lipinski definition) is 4. The van der Waals surface area contributed by atoms with Gasteiger partial charge in [-0.1, -0.05) is 6.42 Å². The number of nitrogens with one attached hydrogen (secondary N) is 2. The number of carbonyl (C=O) groups is 1. The zero-order valence-electron chi connectivity index (χ0n) is 16.6. The van der Waals surface area contributed by atoms with Gasteiger partial charge >= 0.3 is 0 Å². The first-order valence-corrected chi connectivity index (χ1v) is 10.0. The van der Waals surface area contributed by atoms with E-state index in [9.17, 15) is 4.79 Å². The molecule has 0 spiro atoms. The number of guanidine groups is 1. The summed E-state index contributed by atoms with van der Waals surface area (Å²) in [6.07, 6.45) is 8.01. The summed E-state index contributed by atoms with van der Waals surface area (Å²) < 4.78 is 5.26.